The smallest absolute Gasteiger partial charge is 0.232 e. The molecule has 1 aromatic rings. The molecular formula is C19H30N2O3S. The highest BCUT2D eigenvalue weighted by Crippen LogP contribution is 2.19. The van der Waals surface area contributed by atoms with E-state index in [1.165, 1.54) is 42.7 Å². The molecule has 0 aromatic heterocycles. The summed E-state index contributed by atoms with van der Waals surface area (Å²) in [6.07, 6.45) is 10.4. The molecule has 1 amide bonds. The third-order valence-electron chi connectivity index (χ3n) is 4.68. The van der Waals surface area contributed by atoms with Crippen molar-refractivity contribution in [2.45, 2.75) is 63.8 Å². The molecule has 0 bridgehead atoms. The number of anilines is 1. The summed E-state index contributed by atoms with van der Waals surface area (Å²) in [4.78, 5) is 12.2. The first-order chi connectivity index (χ1) is 12.0. The minimum atomic E-state index is -3.35. The van der Waals surface area contributed by atoms with Gasteiger partial charge in [0.2, 0.25) is 15.9 Å². The van der Waals surface area contributed by atoms with Crippen LogP contribution in [-0.4, -0.2) is 33.2 Å². The molecule has 0 unspecified atom stereocenters. The second-order valence-corrected chi connectivity index (χ2v) is 8.79. The third-order valence-corrected chi connectivity index (χ3v) is 5.87. The highest BCUT2D eigenvalue weighted by Gasteiger charge is 2.18. The number of nitrogens with one attached hydrogen (secondary N) is 1. The summed E-state index contributed by atoms with van der Waals surface area (Å²) in [5, 5.41) is 3.13. The molecule has 1 aliphatic rings. The first-order valence-electron chi connectivity index (χ1n) is 9.29. The van der Waals surface area contributed by atoms with Crippen molar-refractivity contribution >= 4 is 21.6 Å². The zero-order valence-corrected chi connectivity index (χ0v) is 15.9. The second-order valence-electron chi connectivity index (χ2n) is 6.88. The van der Waals surface area contributed by atoms with Crippen molar-refractivity contribution in [1.82, 2.24) is 5.32 Å². The Morgan fingerprint density at radius 1 is 1.08 bits per heavy atom. The Morgan fingerprint density at radius 2 is 1.68 bits per heavy atom. The number of nitrogens with zero attached hydrogens (tertiary/aromatic N) is 1. The lowest BCUT2D eigenvalue weighted by atomic mass is 9.96. The van der Waals surface area contributed by atoms with Gasteiger partial charge in [-0.1, -0.05) is 50.3 Å². The Balaban J connectivity index is 1.81. The number of hydrogen-bond donors (Lipinski definition) is 1. The summed E-state index contributed by atoms with van der Waals surface area (Å²) in [7, 11) is -3.35. The number of carbonyl (C=O) groups is 1. The monoisotopic (exact) mass is 366 g/mol. The van der Waals surface area contributed by atoms with E-state index >= 15 is 0 Å². The van der Waals surface area contributed by atoms with Gasteiger partial charge in [-0.15, -0.1) is 0 Å². The largest absolute Gasteiger partial charge is 0.353 e. The SMILES string of the molecule is CS(=O)(=O)N(CCCC(=O)NC1CCCCCCC1)c1ccccc1. The molecule has 0 atom stereocenters. The van der Waals surface area contributed by atoms with E-state index in [9.17, 15) is 13.2 Å². The predicted molar refractivity (Wildman–Crippen MR) is 102 cm³/mol. The van der Waals surface area contributed by atoms with E-state index in [1.807, 2.05) is 18.2 Å². The van der Waals surface area contributed by atoms with Gasteiger partial charge in [0.05, 0.1) is 11.9 Å². The number of amides is 1. The molecule has 5 nitrogen and oxygen atoms in total. The van der Waals surface area contributed by atoms with Crippen LogP contribution >= 0.6 is 0 Å². The average molecular weight is 367 g/mol. The Labute approximate surface area is 151 Å². The lowest BCUT2D eigenvalue weighted by Gasteiger charge is -2.23. The molecule has 2 rings (SSSR count). The molecule has 0 spiro atoms. The number of hydrogen-bond acceptors (Lipinski definition) is 3. The lowest BCUT2D eigenvalue weighted by Crippen LogP contribution is -2.36. The summed E-state index contributed by atoms with van der Waals surface area (Å²) in [6, 6.07) is 9.31. The van der Waals surface area contributed by atoms with Crippen LogP contribution in [0.15, 0.2) is 30.3 Å². The van der Waals surface area contributed by atoms with E-state index in [0.717, 1.165) is 12.8 Å². The summed E-state index contributed by atoms with van der Waals surface area (Å²) in [6.45, 7) is 0.320. The molecule has 0 heterocycles. The van der Waals surface area contributed by atoms with Crippen LogP contribution in [0.3, 0.4) is 0 Å². The fourth-order valence-electron chi connectivity index (χ4n) is 3.36. The van der Waals surface area contributed by atoms with Crippen LogP contribution < -0.4 is 9.62 Å². The fourth-order valence-corrected chi connectivity index (χ4v) is 4.33. The van der Waals surface area contributed by atoms with Crippen molar-refractivity contribution in [2.24, 2.45) is 0 Å². The Bertz CT molecular complexity index is 623. The Kier molecular flexibility index (Phi) is 7.75. The van der Waals surface area contributed by atoms with Crippen molar-refractivity contribution in [3.05, 3.63) is 30.3 Å². The van der Waals surface area contributed by atoms with Gasteiger partial charge in [0.15, 0.2) is 0 Å². The maximum Gasteiger partial charge on any atom is 0.232 e. The van der Waals surface area contributed by atoms with Gasteiger partial charge >= 0.3 is 0 Å². The van der Waals surface area contributed by atoms with Gasteiger partial charge in [0.1, 0.15) is 0 Å². The van der Waals surface area contributed by atoms with Gasteiger partial charge in [-0.05, 0) is 31.4 Å². The number of carbonyl (C=O) groups excluding carboxylic acids is 1. The zero-order valence-electron chi connectivity index (χ0n) is 15.1. The van der Waals surface area contributed by atoms with Crippen LogP contribution in [0.2, 0.25) is 0 Å². The van der Waals surface area contributed by atoms with E-state index < -0.39 is 10.0 Å². The quantitative estimate of drug-likeness (QED) is 0.803. The third kappa shape index (κ3) is 7.06. The van der Waals surface area contributed by atoms with Crippen LogP contribution in [0.5, 0.6) is 0 Å². The Morgan fingerprint density at radius 3 is 2.28 bits per heavy atom. The van der Waals surface area contributed by atoms with Crippen LogP contribution in [0.1, 0.15) is 57.8 Å². The van der Waals surface area contributed by atoms with Gasteiger partial charge in [-0.2, -0.15) is 0 Å². The summed E-state index contributed by atoms with van der Waals surface area (Å²) in [5.41, 5.74) is 0.644. The minimum absolute atomic E-state index is 0.0343. The summed E-state index contributed by atoms with van der Waals surface area (Å²) < 4.78 is 25.4. The van der Waals surface area contributed by atoms with Gasteiger partial charge in [0, 0.05) is 19.0 Å². The maximum atomic E-state index is 12.2. The van der Waals surface area contributed by atoms with Gasteiger partial charge in [0.25, 0.3) is 0 Å². The van der Waals surface area contributed by atoms with Crippen LogP contribution in [0, 0.1) is 0 Å². The highest BCUT2D eigenvalue weighted by molar-refractivity contribution is 7.92. The van der Waals surface area contributed by atoms with E-state index in [-0.39, 0.29) is 11.9 Å². The van der Waals surface area contributed by atoms with Crippen molar-refractivity contribution in [3.63, 3.8) is 0 Å². The van der Waals surface area contributed by atoms with Crippen LogP contribution in [0.4, 0.5) is 5.69 Å². The molecule has 1 aromatic carbocycles. The number of sulfonamides is 1. The molecular weight excluding hydrogens is 336 g/mol. The van der Waals surface area contributed by atoms with Gasteiger partial charge < -0.3 is 5.32 Å². The number of para-hydroxylation sites is 1. The molecule has 0 aliphatic heterocycles. The first-order valence-corrected chi connectivity index (χ1v) is 11.1. The van der Waals surface area contributed by atoms with E-state index in [2.05, 4.69) is 5.32 Å². The molecule has 25 heavy (non-hydrogen) atoms. The molecule has 0 saturated heterocycles. The van der Waals surface area contributed by atoms with Crippen molar-refractivity contribution in [3.8, 4) is 0 Å². The number of rotatable bonds is 7. The highest BCUT2D eigenvalue weighted by atomic mass is 32.2. The van der Waals surface area contributed by atoms with Gasteiger partial charge in [-0.25, -0.2) is 8.42 Å². The molecule has 1 aliphatic carbocycles. The standard InChI is InChI=1S/C19H30N2O3S/c1-25(23,24)21(18-13-8-5-9-14-18)16-10-15-19(22)20-17-11-6-3-2-4-7-12-17/h5,8-9,13-14,17H,2-4,6-7,10-12,15-16H2,1H3,(H,20,22). The normalized spacial score (nSPS) is 16.7. The summed E-state index contributed by atoms with van der Waals surface area (Å²) in [5.74, 6) is 0.0343. The molecule has 140 valence electrons. The predicted octanol–water partition coefficient (Wildman–Crippen LogP) is 3.46. The van der Waals surface area contributed by atoms with E-state index in [0.29, 0.717) is 25.1 Å². The van der Waals surface area contributed by atoms with Crippen molar-refractivity contribution in [2.75, 3.05) is 17.1 Å². The topological polar surface area (TPSA) is 66.5 Å². The minimum Gasteiger partial charge on any atom is -0.353 e. The average Bonchev–Trinajstić information content (AvgIpc) is 2.53. The molecule has 0 radical (unpaired) electrons. The lowest BCUT2D eigenvalue weighted by molar-refractivity contribution is -0.122. The molecule has 1 saturated carbocycles. The Hall–Kier alpha value is -1.56. The molecule has 1 N–H and O–H groups in total. The van der Waals surface area contributed by atoms with E-state index in [1.54, 1.807) is 12.1 Å². The number of benzene rings is 1. The second kappa shape index (κ2) is 9.80. The zero-order chi connectivity index (χ0) is 18.1. The van der Waals surface area contributed by atoms with Crippen LogP contribution in [0.25, 0.3) is 0 Å². The van der Waals surface area contributed by atoms with Gasteiger partial charge in [-0.3, -0.25) is 9.10 Å². The van der Waals surface area contributed by atoms with Crippen LogP contribution in [-0.2, 0) is 14.8 Å². The van der Waals surface area contributed by atoms with Crippen molar-refractivity contribution in [1.29, 1.82) is 0 Å². The summed E-state index contributed by atoms with van der Waals surface area (Å²) >= 11 is 0. The van der Waals surface area contributed by atoms with Crippen molar-refractivity contribution < 1.29 is 13.2 Å². The fraction of sp³-hybridized carbons (Fsp3) is 0.632. The first kappa shape index (κ1) is 19.8. The molecule has 1 fully saturated rings. The van der Waals surface area contributed by atoms with E-state index in [4.69, 9.17) is 0 Å². The molecule has 6 heteroatoms. The maximum absolute atomic E-state index is 12.2.